The second-order valence-corrected chi connectivity index (χ2v) is 7.34. The number of hydrogen-bond acceptors (Lipinski definition) is 6. The fourth-order valence-corrected chi connectivity index (χ4v) is 4.46. The highest BCUT2D eigenvalue weighted by molar-refractivity contribution is 7.98. The minimum absolute atomic E-state index is 0.466. The van der Waals surface area contributed by atoms with Gasteiger partial charge in [-0.1, -0.05) is 19.3 Å². The highest BCUT2D eigenvalue weighted by Crippen LogP contribution is 2.32. The van der Waals surface area contributed by atoms with Crippen molar-refractivity contribution in [1.82, 2.24) is 30.2 Å². The van der Waals surface area contributed by atoms with Gasteiger partial charge in [0.1, 0.15) is 11.3 Å². The Morgan fingerprint density at radius 1 is 1.29 bits per heavy atom. The van der Waals surface area contributed by atoms with Crippen LogP contribution in [0.5, 0.6) is 0 Å². The summed E-state index contributed by atoms with van der Waals surface area (Å²) in [6.07, 6.45) is 8.48. The smallest absolute Gasteiger partial charge is 0.204 e. The topological polar surface area (TPSA) is 98.3 Å². The fraction of sp³-hybridized carbons (Fsp3) is 0.500. The molecular weight excluding hydrogens is 322 g/mol. The van der Waals surface area contributed by atoms with Gasteiger partial charge in [-0.3, -0.25) is 4.68 Å². The van der Waals surface area contributed by atoms with E-state index in [4.69, 9.17) is 5.73 Å². The van der Waals surface area contributed by atoms with Crippen LogP contribution in [0, 0.1) is 6.92 Å². The van der Waals surface area contributed by atoms with Crippen LogP contribution in [0.15, 0.2) is 17.2 Å². The van der Waals surface area contributed by atoms with E-state index in [0.717, 1.165) is 16.2 Å². The Morgan fingerprint density at radius 3 is 2.96 bits per heavy atom. The SMILES string of the molecule is Cc1c(CSc2cc(N)nc3n[nH]nc23)cnn1C1CCCCC1. The molecule has 0 amide bonds. The monoisotopic (exact) mass is 343 g/mol. The van der Waals surface area contributed by atoms with Crippen molar-refractivity contribution in [3.8, 4) is 0 Å². The van der Waals surface area contributed by atoms with E-state index < -0.39 is 0 Å². The highest BCUT2D eigenvalue weighted by Gasteiger charge is 2.19. The molecule has 0 aliphatic heterocycles. The van der Waals surface area contributed by atoms with Gasteiger partial charge in [-0.2, -0.15) is 15.4 Å². The van der Waals surface area contributed by atoms with Gasteiger partial charge in [-0.25, -0.2) is 4.98 Å². The van der Waals surface area contributed by atoms with E-state index in [1.807, 2.05) is 12.3 Å². The number of hydrogen-bond donors (Lipinski definition) is 2. The maximum atomic E-state index is 5.86. The summed E-state index contributed by atoms with van der Waals surface area (Å²) in [6.45, 7) is 2.17. The summed E-state index contributed by atoms with van der Waals surface area (Å²) < 4.78 is 2.22. The van der Waals surface area contributed by atoms with Crippen LogP contribution in [0.25, 0.3) is 11.2 Å². The zero-order valence-corrected chi connectivity index (χ0v) is 14.5. The third-order valence-corrected chi connectivity index (χ3v) is 5.80. The first-order chi connectivity index (χ1) is 11.7. The number of pyridine rings is 1. The van der Waals surface area contributed by atoms with E-state index in [1.54, 1.807) is 11.8 Å². The number of anilines is 1. The first-order valence-corrected chi connectivity index (χ1v) is 9.33. The summed E-state index contributed by atoms with van der Waals surface area (Å²) in [5.41, 5.74) is 9.73. The van der Waals surface area contributed by atoms with Crippen molar-refractivity contribution in [2.24, 2.45) is 0 Å². The molecule has 8 heteroatoms. The number of rotatable bonds is 4. The van der Waals surface area contributed by atoms with Crippen LogP contribution in [0.4, 0.5) is 5.82 Å². The van der Waals surface area contributed by atoms with Crippen molar-refractivity contribution < 1.29 is 0 Å². The molecule has 0 aromatic carbocycles. The molecule has 1 aliphatic carbocycles. The lowest BCUT2D eigenvalue weighted by Crippen LogP contribution is -2.15. The van der Waals surface area contributed by atoms with Crippen LogP contribution >= 0.6 is 11.8 Å². The standard InChI is InChI=1S/C16H21N7S/c1-10-11(8-18-23(10)12-5-3-2-4-6-12)9-24-13-7-14(17)19-16-15(13)20-22-21-16/h7-8,12H,2-6,9H2,1H3,(H3,17,19,20,21,22). The number of aromatic nitrogens is 6. The van der Waals surface area contributed by atoms with Crippen molar-refractivity contribution >= 4 is 28.7 Å². The van der Waals surface area contributed by atoms with E-state index in [2.05, 4.69) is 37.1 Å². The summed E-state index contributed by atoms with van der Waals surface area (Å²) in [5.74, 6) is 1.30. The Balaban J connectivity index is 1.53. The number of H-pyrrole nitrogens is 1. The number of nitrogens with one attached hydrogen (secondary N) is 1. The maximum absolute atomic E-state index is 5.86. The molecule has 3 N–H and O–H groups in total. The van der Waals surface area contributed by atoms with Gasteiger partial charge >= 0.3 is 0 Å². The molecule has 3 aromatic heterocycles. The van der Waals surface area contributed by atoms with Crippen LogP contribution in [-0.2, 0) is 5.75 Å². The summed E-state index contributed by atoms with van der Waals surface area (Å²) in [7, 11) is 0. The maximum Gasteiger partial charge on any atom is 0.204 e. The minimum atomic E-state index is 0.466. The van der Waals surface area contributed by atoms with Gasteiger partial charge < -0.3 is 5.73 Å². The average Bonchev–Trinajstić information content (AvgIpc) is 3.20. The first kappa shape index (κ1) is 15.4. The third-order valence-electron chi connectivity index (χ3n) is 4.73. The van der Waals surface area contributed by atoms with Crippen LogP contribution in [0.3, 0.4) is 0 Å². The van der Waals surface area contributed by atoms with Gasteiger partial charge in [0, 0.05) is 21.9 Å². The van der Waals surface area contributed by atoms with Crippen LogP contribution in [0.2, 0.25) is 0 Å². The average molecular weight is 343 g/mol. The fourth-order valence-electron chi connectivity index (χ4n) is 3.39. The normalized spacial score (nSPS) is 16.0. The lowest BCUT2D eigenvalue weighted by atomic mass is 9.95. The molecule has 0 radical (unpaired) electrons. The molecule has 24 heavy (non-hydrogen) atoms. The Hall–Kier alpha value is -2.09. The molecule has 126 valence electrons. The minimum Gasteiger partial charge on any atom is -0.384 e. The molecule has 4 rings (SSSR count). The summed E-state index contributed by atoms with van der Waals surface area (Å²) in [6, 6.07) is 2.42. The lowest BCUT2D eigenvalue weighted by molar-refractivity contribution is 0.324. The van der Waals surface area contributed by atoms with Gasteiger partial charge in [-0.15, -0.1) is 16.9 Å². The zero-order chi connectivity index (χ0) is 16.5. The zero-order valence-electron chi connectivity index (χ0n) is 13.7. The molecule has 1 fully saturated rings. The number of nitrogens with two attached hydrogens (primary N) is 1. The summed E-state index contributed by atoms with van der Waals surface area (Å²) >= 11 is 1.70. The van der Waals surface area contributed by atoms with Crippen molar-refractivity contribution in [2.75, 3.05) is 5.73 Å². The van der Waals surface area contributed by atoms with Crippen LogP contribution < -0.4 is 5.73 Å². The molecule has 3 heterocycles. The van der Waals surface area contributed by atoms with Crippen LogP contribution in [-0.4, -0.2) is 30.2 Å². The summed E-state index contributed by atoms with van der Waals surface area (Å²) in [4.78, 5) is 5.17. The van der Waals surface area contributed by atoms with E-state index in [1.165, 1.54) is 43.4 Å². The molecule has 7 nitrogen and oxygen atoms in total. The third kappa shape index (κ3) is 2.86. The number of thioether (sulfide) groups is 1. The van der Waals surface area contributed by atoms with E-state index in [0.29, 0.717) is 17.5 Å². The predicted molar refractivity (Wildman–Crippen MR) is 94.7 cm³/mol. The predicted octanol–water partition coefficient (Wildman–Crippen LogP) is 3.24. The number of nitrogens with zero attached hydrogens (tertiary/aromatic N) is 5. The highest BCUT2D eigenvalue weighted by atomic mass is 32.2. The molecule has 0 bridgehead atoms. The van der Waals surface area contributed by atoms with Gasteiger partial charge in [-0.05, 0) is 25.8 Å². The Kier molecular flexibility index (Phi) is 4.13. The van der Waals surface area contributed by atoms with E-state index in [-0.39, 0.29) is 0 Å². The van der Waals surface area contributed by atoms with Crippen LogP contribution in [0.1, 0.15) is 49.4 Å². The van der Waals surface area contributed by atoms with E-state index >= 15 is 0 Å². The van der Waals surface area contributed by atoms with Crippen molar-refractivity contribution in [1.29, 1.82) is 0 Å². The molecule has 0 spiro atoms. The van der Waals surface area contributed by atoms with Crippen molar-refractivity contribution in [3.05, 3.63) is 23.5 Å². The molecule has 0 saturated heterocycles. The van der Waals surface area contributed by atoms with Gasteiger partial charge in [0.25, 0.3) is 0 Å². The number of fused-ring (bicyclic) bond motifs is 1. The molecule has 0 unspecified atom stereocenters. The van der Waals surface area contributed by atoms with Gasteiger partial charge in [0.15, 0.2) is 0 Å². The number of nitrogen functional groups attached to an aromatic ring is 1. The molecule has 1 aliphatic rings. The summed E-state index contributed by atoms with van der Waals surface area (Å²) in [5, 5.41) is 15.5. The molecule has 0 atom stereocenters. The number of aromatic amines is 1. The largest absolute Gasteiger partial charge is 0.384 e. The Bertz CT molecular complexity index is 847. The van der Waals surface area contributed by atoms with Gasteiger partial charge in [0.2, 0.25) is 5.65 Å². The second-order valence-electron chi connectivity index (χ2n) is 6.32. The van der Waals surface area contributed by atoms with E-state index in [9.17, 15) is 0 Å². The first-order valence-electron chi connectivity index (χ1n) is 8.35. The Labute approximate surface area is 144 Å². The molecule has 1 saturated carbocycles. The van der Waals surface area contributed by atoms with Crippen molar-refractivity contribution in [2.45, 2.75) is 55.7 Å². The molecule has 3 aromatic rings. The van der Waals surface area contributed by atoms with Crippen molar-refractivity contribution in [3.63, 3.8) is 0 Å². The van der Waals surface area contributed by atoms with Gasteiger partial charge in [0.05, 0.1) is 12.2 Å². The lowest BCUT2D eigenvalue weighted by Gasteiger charge is -2.23. The Morgan fingerprint density at radius 2 is 2.12 bits per heavy atom. The molecular formula is C16H21N7S. The quantitative estimate of drug-likeness (QED) is 0.706. The second kappa shape index (κ2) is 6.43.